The molecule has 4 aromatic carbocycles. The van der Waals surface area contributed by atoms with Crippen molar-refractivity contribution < 1.29 is 50.3 Å². The molecular weight excluding hydrogens is 782 g/mol. The summed E-state index contributed by atoms with van der Waals surface area (Å²) in [5.41, 5.74) is 1.34. The number of esters is 1. The van der Waals surface area contributed by atoms with E-state index in [1.807, 2.05) is 0 Å². The second-order valence-electron chi connectivity index (χ2n) is 14.0. The molecule has 0 radical (unpaired) electrons. The lowest BCUT2D eigenvalue weighted by Crippen LogP contribution is -2.43. The standard InChI is InChI=1S/C40H44FN3O11S2/c1-5-54-38(46)15-12-30-11-13-31(23-34(30)41)43(57(52,53)37-9-7-6-8-36(37)44(48)49)24-29-10-14-35(42-28(4)45)33(22-29)39-26(2)20-32(21-27(39)3)55-25-40(47)16-18-56(50,51)19-17-40/h6-11,13-14,20-23,47H,5,12,15-19,24-25H2,1-4H3,(H,42,45). The average Bonchev–Trinajstić information content (AvgIpc) is 3.14. The number of anilines is 2. The zero-order valence-electron chi connectivity index (χ0n) is 31.9. The first kappa shape index (κ1) is 42.7. The summed E-state index contributed by atoms with van der Waals surface area (Å²) in [6, 6.07) is 16.8. The fourth-order valence-corrected chi connectivity index (χ4v) is 9.89. The van der Waals surface area contributed by atoms with Crippen LogP contribution in [0.1, 0.15) is 55.4 Å². The number of nitro benzene ring substituents is 1. The minimum atomic E-state index is -4.74. The van der Waals surface area contributed by atoms with Crippen LogP contribution in [-0.2, 0) is 47.2 Å². The van der Waals surface area contributed by atoms with Crippen molar-refractivity contribution in [2.45, 2.75) is 70.4 Å². The first-order chi connectivity index (χ1) is 26.8. The predicted octanol–water partition coefficient (Wildman–Crippen LogP) is 6.19. The minimum absolute atomic E-state index is 0.0104. The van der Waals surface area contributed by atoms with Crippen molar-refractivity contribution in [1.29, 1.82) is 0 Å². The van der Waals surface area contributed by atoms with Crippen molar-refractivity contribution in [3.8, 4) is 16.9 Å². The van der Waals surface area contributed by atoms with Gasteiger partial charge in [-0.25, -0.2) is 21.2 Å². The van der Waals surface area contributed by atoms with Gasteiger partial charge in [0.2, 0.25) is 5.91 Å². The maximum atomic E-state index is 15.6. The molecule has 57 heavy (non-hydrogen) atoms. The lowest BCUT2D eigenvalue weighted by atomic mass is 9.92. The van der Waals surface area contributed by atoms with Crippen LogP contribution in [-0.4, -0.2) is 69.1 Å². The monoisotopic (exact) mass is 825 g/mol. The second-order valence-corrected chi connectivity index (χ2v) is 18.1. The number of benzene rings is 4. The van der Waals surface area contributed by atoms with Gasteiger partial charge in [0.1, 0.15) is 23.8 Å². The van der Waals surface area contributed by atoms with Crippen molar-refractivity contribution in [2.24, 2.45) is 0 Å². The van der Waals surface area contributed by atoms with Crippen LogP contribution in [0.2, 0.25) is 0 Å². The van der Waals surface area contributed by atoms with Gasteiger partial charge in [0.25, 0.3) is 15.7 Å². The Balaban J connectivity index is 1.55. The van der Waals surface area contributed by atoms with E-state index in [2.05, 4.69) is 5.32 Å². The molecule has 0 spiro atoms. The van der Waals surface area contributed by atoms with Gasteiger partial charge in [-0.2, -0.15) is 0 Å². The number of halogens is 1. The quantitative estimate of drug-likeness (QED) is 0.0788. The highest BCUT2D eigenvalue weighted by Gasteiger charge is 2.36. The zero-order chi connectivity index (χ0) is 41.7. The van der Waals surface area contributed by atoms with Gasteiger partial charge < -0.3 is 19.9 Å². The first-order valence-corrected chi connectivity index (χ1v) is 21.4. The third-order valence-electron chi connectivity index (χ3n) is 9.62. The second kappa shape index (κ2) is 17.4. The normalized spacial score (nSPS) is 14.7. The van der Waals surface area contributed by atoms with E-state index in [4.69, 9.17) is 9.47 Å². The van der Waals surface area contributed by atoms with Gasteiger partial charge in [0, 0.05) is 30.7 Å². The average molecular weight is 826 g/mol. The fourth-order valence-electron chi connectivity index (χ4n) is 6.70. The molecule has 0 unspecified atom stereocenters. The van der Waals surface area contributed by atoms with Crippen LogP contribution >= 0.6 is 0 Å². The molecular formula is C40H44FN3O11S2. The first-order valence-electron chi connectivity index (χ1n) is 18.1. The molecule has 14 nitrogen and oxygen atoms in total. The van der Waals surface area contributed by atoms with E-state index in [0.29, 0.717) is 39.3 Å². The van der Waals surface area contributed by atoms with Crippen molar-refractivity contribution in [3.05, 3.63) is 111 Å². The van der Waals surface area contributed by atoms with Gasteiger partial charge in [-0.15, -0.1) is 0 Å². The Labute approximate surface area is 330 Å². The number of sulfonamides is 1. The minimum Gasteiger partial charge on any atom is -0.491 e. The molecule has 1 aliphatic rings. The van der Waals surface area contributed by atoms with Gasteiger partial charge in [-0.3, -0.25) is 24.0 Å². The number of para-hydroxylation sites is 1. The molecule has 0 saturated carbocycles. The molecule has 0 aliphatic carbocycles. The smallest absolute Gasteiger partial charge is 0.306 e. The summed E-state index contributed by atoms with van der Waals surface area (Å²) < 4.78 is 80.0. The number of rotatable bonds is 15. The summed E-state index contributed by atoms with van der Waals surface area (Å²) in [6.07, 6.45) is -0.0143. The van der Waals surface area contributed by atoms with Gasteiger partial charge in [0.15, 0.2) is 14.7 Å². The Morgan fingerprint density at radius 2 is 1.68 bits per heavy atom. The summed E-state index contributed by atoms with van der Waals surface area (Å²) in [5, 5.41) is 25.7. The maximum Gasteiger partial charge on any atom is 0.306 e. The Bertz CT molecular complexity index is 2380. The number of nitro groups is 1. The number of sulfone groups is 1. The topological polar surface area (TPSA) is 200 Å². The van der Waals surface area contributed by atoms with Crippen LogP contribution in [0.5, 0.6) is 5.75 Å². The van der Waals surface area contributed by atoms with Crippen molar-refractivity contribution in [1.82, 2.24) is 0 Å². The van der Waals surface area contributed by atoms with E-state index in [0.717, 1.165) is 22.5 Å². The summed E-state index contributed by atoms with van der Waals surface area (Å²) in [7, 11) is -7.94. The SMILES string of the molecule is CCOC(=O)CCc1ccc(N(Cc2ccc(NC(C)=O)c(-c3c(C)cc(OCC4(O)CCS(=O)(=O)CC4)cc3C)c2)S(=O)(=O)c2ccccc2[N+](=O)[O-])cc1F. The molecule has 4 aromatic rings. The largest absolute Gasteiger partial charge is 0.491 e. The van der Waals surface area contributed by atoms with Crippen LogP contribution in [0.3, 0.4) is 0 Å². The van der Waals surface area contributed by atoms with E-state index >= 15 is 4.39 Å². The molecule has 304 valence electrons. The third kappa shape index (κ3) is 10.3. The summed E-state index contributed by atoms with van der Waals surface area (Å²) in [4.78, 5) is 34.8. The summed E-state index contributed by atoms with van der Waals surface area (Å²) in [6.45, 7) is 6.21. The molecule has 0 aromatic heterocycles. The Morgan fingerprint density at radius 3 is 2.30 bits per heavy atom. The number of hydrogen-bond donors (Lipinski definition) is 2. The molecule has 1 amide bonds. The molecule has 2 N–H and O–H groups in total. The van der Waals surface area contributed by atoms with Crippen molar-refractivity contribution >= 4 is 48.8 Å². The van der Waals surface area contributed by atoms with Crippen LogP contribution < -0.4 is 14.4 Å². The molecule has 1 saturated heterocycles. The number of aliphatic hydroxyl groups is 1. The van der Waals surface area contributed by atoms with Gasteiger partial charge in [-0.05, 0) is 110 Å². The summed E-state index contributed by atoms with van der Waals surface area (Å²) in [5.74, 6) is -1.54. The molecule has 0 bridgehead atoms. The van der Waals surface area contributed by atoms with Crippen molar-refractivity contribution in [2.75, 3.05) is 34.3 Å². The van der Waals surface area contributed by atoms with E-state index in [9.17, 15) is 41.6 Å². The lowest BCUT2D eigenvalue weighted by molar-refractivity contribution is -0.387. The molecule has 0 atom stereocenters. The van der Waals surface area contributed by atoms with E-state index in [1.54, 1.807) is 51.1 Å². The number of nitrogens with one attached hydrogen (secondary N) is 1. The highest BCUT2D eigenvalue weighted by molar-refractivity contribution is 7.93. The highest BCUT2D eigenvalue weighted by atomic mass is 32.2. The van der Waals surface area contributed by atoms with E-state index in [-0.39, 0.29) is 67.6 Å². The number of hydrogen-bond acceptors (Lipinski definition) is 11. The predicted molar refractivity (Wildman–Crippen MR) is 212 cm³/mol. The number of aryl methyl sites for hydroxylation is 3. The van der Waals surface area contributed by atoms with Gasteiger partial charge >= 0.3 is 5.97 Å². The Hall–Kier alpha value is -5.39. The Kier molecular flexibility index (Phi) is 13.0. The van der Waals surface area contributed by atoms with Crippen LogP contribution in [0.15, 0.2) is 77.7 Å². The molecule has 1 aliphatic heterocycles. The molecule has 17 heteroatoms. The summed E-state index contributed by atoms with van der Waals surface area (Å²) >= 11 is 0. The molecule has 1 heterocycles. The highest BCUT2D eigenvalue weighted by Crippen LogP contribution is 2.39. The number of amides is 1. The number of carbonyl (C=O) groups is 2. The molecule has 1 fully saturated rings. The van der Waals surface area contributed by atoms with Gasteiger partial charge in [-0.1, -0.05) is 24.3 Å². The number of nitrogens with zero attached hydrogens (tertiary/aromatic N) is 2. The van der Waals surface area contributed by atoms with E-state index in [1.165, 1.54) is 31.2 Å². The van der Waals surface area contributed by atoms with E-state index < -0.39 is 59.3 Å². The maximum absolute atomic E-state index is 15.6. The zero-order valence-corrected chi connectivity index (χ0v) is 33.5. The lowest BCUT2D eigenvalue weighted by Gasteiger charge is -2.31. The van der Waals surface area contributed by atoms with Crippen LogP contribution in [0.25, 0.3) is 11.1 Å². The Morgan fingerprint density at radius 1 is 1.02 bits per heavy atom. The van der Waals surface area contributed by atoms with Crippen molar-refractivity contribution in [3.63, 3.8) is 0 Å². The number of ether oxygens (including phenoxy) is 2. The van der Waals surface area contributed by atoms with Gasteiger partial charge in [0.05, 0.1) is 35.3 Å². The van der Waals surface area contributed by atoms with Crippen LogP contribution in [0, 0.1) is 29.8 Å². The number of carbonyl (C=O) groups excluding carboxylic acids is 2. The third-order valence-corrected chi connectivity index (χ3v) is 13.1. The fraction of sp³-hybridized carbons (Fsp3) is 0.350. The molecule has 5 rings (SSSR count). The van der Waals surface area contributed by atoms with Crippen LogP contribution in [0.4, 0.5) is 21.5 Å².